The first-order chi connectivity index (χ1) is 11.4. The van der Waals surface area contributed by atoms with E-state index in [1.165, 1.54) is 0 Å². The molecule has 0 spiro atoms. The maximum absolute atomic E-state index is 12.7. The number of fused-ring (bicyclic) bond motifs is 1. The first kappa shape index (κ1) is 16.5. The Kier molecular flexibility index (Phi) is 4.06. The van der Waals surface area contributed by atoms with E-state index in [-0.39, 0.29) is 5.56 Å². The Morgan fingerprint density at radius 1 is 1.33 bits per heavy atom. The van der Waals surface area contributed by atoms with E-state index >= 15 is 0 Å². The predicted octanol–water partition coefficient (Wildman–Crippen LogP) is 0.557. The number of aliphatic hydroxyl groups is 2. The molecule has 1 saturated carbocycles. The van der Waals surface area contributed by atoms with Crippen molar-refractivity contribution in [1.82, 2.24) is 5.32 Å². The third-order valence-electron chi connectivity index (χ3n) is 4.53. The normalized spacial score (nSPS) is 14.8. The van der Waals surface area contributed by atoms with Gasteiger partial charge in [0.1, 0.15) is 11.3 Å². The molecular formula is C17H20N2O5. The topological polar surface area (TPSA) is 126 Å². The van der Waals surface area contributed by atoms with Crippen molar-refractivity contribution < 1.29 is 24.2 Å². The lowest BCUT2D eigenvalue weighted by molar-refractivity contribution is -0.127. The highest BCUT2D eigenvalue weighted by molar-refractivity contribution is 6.09. The molecule has 7 nitrogen and oxygen atoms in total. The lowest BCUT2D eigenvalue weighted by Gasteiger charge is -2.27. The molecule has 1 fully saturated rings. The van der Waals surface area contributed by atoms with Crippen LogP contribution < -0.4 is 11.1 Å². The largest absolute Gasteiger partial charge is 0.461 e. The molecule has 7 heteroatoms. The molecule has 0 bridgehead atoms. The molecule has 5 N–H and O–H groups in total. The molecule has 1 heterocycles. The smallest absolute Gasteiger partial charge is 0.256 e. The minimum atomic E-state index is -1.92. The van der Waals surface area contributed by atoms with Crippen LogP contribution in [0.2, 0.25) is 0 Å². The number of rotatable bonds is 6. The summed E-state index contributed by atoms with van der Waals surface area (Å²) in [7, 11) is 0. The van der Waals surface area contributed by atoms with E-state index in [0.29, 0.717) is 22.6 Å². The van der Waals surface area contributed by atoms with Crippen molar-refractivity contribution in [3.05, 3.63) is 35.1 Å². The van der Waals surface area contributed by atoms with Gasteiger partial charge in [-0.25, -0.2) is 0 Å². The van der Waals surface area contributed by atoms with Gasteiger partial charge in [0.2, 0.25) is 5.91 Å². The fraction of sp³-hybridized carbons (Fsp3) is 0.412. The van der Waals surface area contributed by atoms with E-state index in [4.69, 9.17) is 10.2 Å². The minimum Gasteiger partial charge on any atom is -0.461 e. The van der Waals surface area contributed by atoms with Crippen molar-refractivity contribution in [3.8, 4) is 0 Å². The first-order valence-corrected chi connectivity index (χ1v) is 7.79. The van der Waals surface area contributed by atoms with Gasteiger partial charge in [-0.15, -0.1) is 0 Å². The third-order valence-corrected chi connectivity index (χ3v) is 4.53. The Labute approximate surface area is 138 Å². The highest BCUT2D eigenvalue weighted by Crippen LogP contribution is 2.41. The molecule has 0 saturated heterocycles. The number of aliphatic hydroxyl groups excluding tert-OH is 2. The summed E-state index contributed by atoms with van der Waals surface area (Å²) in [6.45, 7) is 0.0506. The highest BCUT2D eigenvalue weighted by Gasteiger charge is 2.38. The molecule has 0 radical (unpaired) electrons. The van der Waals surface area contributed by atoms with Crippen molar-refractivity contribution in [1.29, 1.82) is 0 Å². The number of furan rings is 1. The molecule has 0 aliphatic heterocycles. The zero-order chi connectivity index (χ0) is 17.5. The second kappa shape index (κ2) is 5.92. The molecule has 2 aromatic rings. The van der Waals surface area contributed by atoms with Crippen LogP contribution in [0.5, 0.6) is 0 Å². The lowest BCUT2D eigenvalue weighted by atomic mass is 9.99. The van der Waals surface area contributed by atoms with E-state index in [9.17, 15) is 19.8 Å². The maximum atomic E-state index is 12.7. The Hall–Kier alpha value is -2.38. The van der Waals surface area contributed by atoms with Gasteiger partial charge in [0.05, 0.1) is 18.8 Å². The maximum Gasteiger partial charge on any atom is 0.256 e. The molecule has 3 rings (SSSR count). The van der Waals surface area contributed by atoms with Crippen molar-refractivity contribution in [2.24, 2.45) is 5.73 Å². The summed E-state index contributed by atoms with van der Waals surface area (Å²) in [6.07, 6.45) is 2.26. The van der Waals surface area contributed by atoms with Crippen LogP contribution in [0.25, 0.3) is 11.0 Å². The summed E-state index contributed by atoms with van der Waals surface area (Å²) >= 11 is 0. The van der Waals surface area contributed by atoms with Gasteiger partial charge in [-0.1, -0.05) is 6.07 Å². The number of benzene rings is 1. The predicted molar refractivity (Wildman–Crippen MR) is 86.5 cm³/mol. The summed E-state index contributed by atoms with van der Waals surface area (Å²) in [5.41, 5.74) is 5.29. The molecule has 128 valence electrons. The molecule has 0 atom stereocenters. The van der Waals surface area contributed by atoms with Gasteiger partial charge in [-0.05, 0) is 43.4 Å². The molecule has 2 amide bonds. The second-order valence-electron chi connectivity index (χ2n) is 6.28. The van der Waals surface area contributed by atoms with Crippen LogP contribution in [0.15, 0.2) is 22.6 Å². The van der Waals surface area contributed by atoms with Gasteiger partial charge in [-0.3, -0.25) is 9.59 Å². The minimum absolute atomic E-state index is 0.278. The molecule has 24 heavy (non-hydrogen) atoms. The summed E-state index contributed by atoms with van der Waals surface area (Å²) < 4.78 is 5.62. The zero-order valence-electron chi connectivity index (χ0n) is 13.3. The number of nitrogens with two attached hydrogens (primary N) is 1. The van der Waals surface area contributed by atoms with Crippen molar-refractivity contribution in [2.75, 3.05) is 13.2 Å². The van der Waals surface area contributed by atoms with Gasteiger partial charge in [-0.2, -0.15) is 0 Å². The molecular weight excluding hydrogens is 312 g/mol. The first-order valence-electron chi connectivity index (χ1n) is 7.79. The average molecular weight is 332 g/mol. The molecule has 1 aromatic heterocycles. The lowest BCUT2D eigenvalue weighted by Crippen LogP contribution is -2.62. The van der Waals surface area contributed by atoms with E-state index in [1.807, 2.05) is 18.2 Å². The van der Waals surface area contributed by atoms with Crippen LogP contribution in [0.1, 0.15) is 40.4 Å². The van der Waals surface area contributed by atoms with Gasteiger partial charge >= 0.3 is 0 Å². The number of amides is 2. The number of hydrogen-bond acceptors (Lipinski definition) is 5. The van der Waals surface area contributed by atoms with Gasteiger partial charge < -0.3 is 25.7 Å². The van der Waals surface area contributed by atoms with Crippen molar-refractivity contribution in [2.45, 2.75) is 31.2 Å². The number of carbonyl (C=O) groups excluding carboxylic acids is 2. The van der Waals surface area contributed by atoms with Crippen LogP contribution >= 0.6 is 0 Å². The standard InChI is InChI=1S/C17H20N2O5/c1-9-14(15(22)19-17(7-20,8-21)16(18)23)12-6-11(10-2-3-10)4-5-13(12)24-9/h4-6,10,20-21H,2-3,7-8H2,1H3,(H2,18,23)(H,19,22). The summed E-state index contributed by atoms with van der Waals surface area (Å²) in [6, 6.07) is 5.73. The number of nitrogens with one attached hydrogen (secondary N) is 1. The summed E-state index contributed by atoms with van der Waals surface area (Å²) in [5, 5.41) is 21.8. The monoisotopic (exact) mass is 332 g/mol. The fourth-order valence-electron chi connectivity index (χ4n) is 2.82. The fourth-order valence-corrected chi connectivity index (χ4v) is 2.82. The second-order valence-corrected chi connectivity index (χ2v) is 6.28. The van der Waals surface area contributed by atoms with Crippen LogP contribution in [0.4, 0.5) is 0 Å². The van der Waals surface area contributed by atoms with Crippen LogP contribution in [0, 0.1) is 6.92 Å². The zero-order valence-corrected chi connectivity index (χ0v) is 13.3. The average Bonchev–Trinajstić information content (AvgIpc) is 3.34. The number of primary amides is 1. The van der Waals surface area contributed by atoms with E-state index < -0.39 is 30.6 Å². The molecule has 0 unspecified atom stereocenters. The van der Waals surface area contributed by atoms with Crippen LogP contribution in [-0.2, 0) is 4.79 Å². The number of hydrogen-bond donors (Lipinski definition) is 4. The number of carbonyl (C=O) groups is 2. The molecule has 1 aliphatic rings. The van der Waals surface area contributed by atoms with Gasteiger partial charge in [0, 0.05) is 5.39 Å². The quantitative estimate of drug-likeness (QED) is 0.615. The summed E-state index contributed by atoms with van der Waals surface area (Å²) in [5.74, 6) is -0.726. The summed E-state index contributed by atoms with van der Waals surface area (Å²) in [4.78, 5) is 24.2. The van der Waals surface area contributed by atoms with E-state index in [1.54, 1.807) is 6.92 Å². The van der Waals surface area contributed by atoms with Crippen molar-refractivity contribution in [3.63, 3.8) is 0 Å². The SMILES string of the molecule is Cc1oc2ccc(C3CC3)cc2c1C(=O)NC(CO)(CO)C(N)=O. The van der Waals surface area contributed by atoms with Gasteiger partial charge in [0.25, 0.3) is 5.91 Å². The van der Waals surface area contributed by atoms with Gasteiger partial charge in [0.15, 0.2) is 5.54 Å². The van der Waals surface area contributed by atoms with Crippen molar-refractivity contribution >= 4 is 22.8 Å². The van der Waals surface area contributed by atoms with E-state index in [0.717, 1.165) is 18.4 Å². The van der Waals surface area contributed by atoms with Crippen LogP contribution in [0.3, 0.4) is 0 Å². The highest BCUT2D eigenvalue weighted by atomic mass is 16.3. The molecule has 1 aromatic carbocycles. The Morgan fingerprint density at radius 2 is 2.00 bits per heavy atom. The molecule has 1 aliphatic carbocycles. The van der Waals surface area contributed by atoms with Crippen LogP contribution in [-0.4, -0.2) is 40.8 Å². The Bertz CT molecular complexity index is 803. The Morgan fingerprint density at radius 3 is 2.54 bits per heavy atom. The number of aryl methyl sites for hydroxylation is 1. The Balaban J connectivity index is 2.01. The van der Waals surface area contributed by atoms with E-state index in [2.05, 4.69) is 5.32 Å². The third kappa shape index (κ3) is 2.65.